The molecular formula is C23H30ClNO4S. The van der Waals surface area contributed by atoms with Crippen LogP contribution in [0.5, 0.6) is 5.75 Å². The third-order valence-electron chi connectivity index (χ3n) is 5.65. The first-order chi connectivity index (χ1) is 14.4. The largest absolute Gasteiger partial charge is 0.493 e. The van der Waals surface area contributed by atoms with Crippen molar-refractivity contribution in [2.75, 3.05) is 45.7 Å². The van der Waals surface area contributed by atoms with Crippen molar-refractivity contribution in [3.8, 4) is 5.75 Å². The number of benzene rings is 2. The van der Waals surface area contributed by atoms with Gasteiger partial charge in [-0.15, -0.1) is 0 Å². The Kier molecular flexibility index (Phi) is 8.17. The zero-order chi connectivity index (χ0) is 21.6. The highest BCUT2D eigenvalue weighted by molar-refractivity contribution is 7.91. The van der Waals surface area contributed by atoms with Crippen LogP contribution in [0.2, 0.25) is 5.02 Å². The number of ether oxygens (including phenoxy) is 2. The molecule has 0 radical (unpaired) electrons. The number of hydrogen-bond acceptors (Lipinski definition) is 5. The lowest BCUT2D eigenvalue weighted by molar-refractivity contribution is 0.217. The molecule has 2 atom stereocenters. The van der Waals surface area contributed by atoms with Crippen molar-refractivity contribution in [3.63, 3.8) is 0 Å². The van der Waals surface area contributed by atoms with Crippen molar-refractivity contribution >= 4 is 21.4 Å². The van der Waals surface area contributed by atoms with Crippen molar-refractivity contribution in [3.05, 3.63) is 59.1 Å². The van der Waals surface area contributed by atoms with Crippen LogP contribution in [0.25, 0.3) is 0 Å². The number of likely N-dealkylation sites (tertiary alicyclic amines) is 1. The number of hydrogen-bond donors (Lipinski definition) is 0. The first kappa shape index (κ1) is 23.1. The van der Waals surface area contributed by atoms with Crippen LogP contribution in [0.3, 0.4) is 0 Å². The minimum atomic E-state index is -3.31. The van der Waals surface area contributed by atoms with Gasteiger partial charge >= 0.3 is 0 Å². The molecule has 1 saturated heterocycles. The van der Waals surface area contributed by atoms with Crippen LogP contribution in [-0.4, -0.2) is 59.0 Å². The highest BCUT2D eigenvalue weighted by Crippen LogP contribution is 2.25. The van der Waals surface area contributed by atoms with Crippen LogP contribution in [0.1, 0.15) is 12.5 Å². The standard InChI is InChI=1S/C23H30ClNO4S/c1-18-15-25(11-10-19-4-3-5-21(24)14-19)16-20(18)17-29-22-6-8-23(9-7-22)30(26,27)13-12-28-2/h3-9,14,18,20H,10-13,15-17H2,1-2H3. The van der Waals surface area contributed by atoms with Crippen molar-refractivity contribution < 1.29 is 17.9 Å². The average Bonchev–Trinajstić information content (AvgIpc) is 3.09. The van der Waals surface area contributed by atoms with E-state index in [0.717, 1.165) is 31.1 Å². The molecule has 1 aliphatic rings. The lowest BCUT2D eigenvalue weighted by atomic mass is 9.99. The van der Waals surface area contributed by atoms with E-state index in [0.29, 0.717) is 29.1 Å². The molecule has 0 N–H and O–H groups in total. The zero-order valence-electron chi connectivity index (χ0n) is 17.6. The fourth-order valence-corrected chi connectivity index (χ4v) is 5.16. The van der Waals surface area contributed by atoms with Gasteiger partial charge in [0.25, 0.3) is 0 Å². The summed E-state index contributed by atoms with van der Waals surface area (Å²) < 4.78 is 35.2. The molecule has 1 heterocycles. The van der Waals surface area contributed by atoms with E-state index in [1.807, 2.05) is 18.2 Å². The summed E-state index contributed by atoms with van der Waals surface area (Å²) in [5.41, 5.74) is 1.26. The molecule has 7 heteroatoms. The summed E-state index contributed by atoms with van der Waals surface area (Å²) in [5, 5.41) is 0.783. The van der Waals surface area contributed by atoms with Crippen LogP contribution >= 0.6 is 11.6 Å². The summed E-state index contributed by atoms with van der Waals surface area (Å²) in [7, 11) is -1.82. The van der Waals surface area contributed by atoms with Gasteiger partial charge < -0.3 is 14.4 Å². The molecule has 0 amide bonds. The normalized spacial score (nSPS) is 19.8. The Morgan fingerprint density at radius 3 is 2.60 bits per heavy atom. The van der Waals surface area contributed by atoms with Gasteiger partial charge in [-0.1, -0.05) is 30.7 Å². The third kappa shape index (κ3) is 6.45. The monoisotopic (exact) mass is 451 g/mol. The van der Waals surface area contributed by atoms with Gasteiger partial charge in [-0.25, -0.2) is 8.42 Å². The van der Waals surface area contributed by atoms with E-state index >= 15 is 0 Å². The molecule has 1 fully saturated rings. The minimum Gasteiger partial charge on any atom is -0.493 e. The Hall–Kier alpha value is -1.60. The molecule has 0 spiro atoms. The van der Waals surface area contributed by atoms with Crippen molar-refractivity contribution in [1.82, 2.24) is 4.90 Å². The van der Waals surface area contributed by atoms with Gasteiger partial charge in [-0.3, -0.25) is 0 Å². The summed E-state index contributed by atoms with van der Waals surface area (Å²) >= 11 is 6.07. The van der Waals surface area contributed by atoms with Gasteiger partial charge in [-0.05, 0) is 54.3 Å². The second-order valence-electron chi connectivity index (χ2n) is 7.97. The summed E-state index contributed by atoms with van der Waals surface area (Å²) in [4.78, 5) is 2.78. The van der Waals surface area contributed by atoms with Crippen LogP contribution < -0.4 is 4.74 Å². The highest BCUT2D eigenvalue weighted by Gasteiger charge is 2.29. The van der Waals surface area contributed by atoms with Crippen molar-refractivity contribution in [2.24, 2.45) is 11.8 Å². The Labute approximate surface area is 184 Å². The van der Waals surface area contributed by atoms with Gasteiger partial charge in [0.1, 0.15) is 5.75 Å². The fourth-order valence-electron chi connectivity index (χ4n) is 3.78. The molecule has 164 valence electrons. The molecule has 1 aliphatic heterocycles. The number of halogens is 1. The Bertz CT molecular complexity index is 917. The Morgan fingerprint density at radius 2 is 1.90 bits per heavy atom. The predicted molar refractivity (Wildman–Crippen MR) is 120 cm³/mol. The third-order valence-corrected chi connectivity index (χ3v) is 7.58. The van der Waals surface area contributed by atoms with E-state index in [1.54, 1.807) is 24.3 Å². The summed E-state index contributed by atoms with van der Waals surface area (Å²) in [6.07, 6.45) is 0.986. The molecule has 2 unspecified atom stereocenters. The molecular weight excluding hydrogens is 422 g/mol. The molecule has 0 saturated carbocycles. The summed E-state index contributed by atoms with van der Waals surface area (Å²) in [6.45, 7) is 6.16. The fraction of sp³-hybridized carbons (Fsp3) is 0.478. The molecule has 5 nitrogen and oxygen atoms in total. The number of methoxy groups -OCH3 is 1. The lowest BCUT2D eigenvalue weighted by Crippen LogP contribution is -2.24. The maximum atomic E-state index is 12.2. The first-order valence-electron chi connectivity index (χ1n) is 10.3. The predicted octanol–water partition coefficient (Wildman–Crippen LogP) is 3.95. The number of rotatable bonds is 10. The van der Waals surface area contributed by atoms with E-state index in [9.17, 15) is 8.42 Å². The van der Waals surface area contributed by atoms with Gasteiger partial charge in [0.2, 0.25) is 0 Å². The minimum absolute atomic E-state index is 0.0195. The van der Waals surface area contributed by atoms with Gasteiger partial charge in [-0.2, -0.15) is 0 Å². The number of sulfone groups is 1. The SMILES string of the molecule is COCCS(=O)(=O)c1ccc(OCC2CN(CCc3cccc(Cl)c3)CC2C)cc1. The molecule has 0 bridgehead atoms. The quantitative estimate of drug-likeness (QED) is 0.547. The molecule has 2 aromatic rings. The van der Waals surface area contributed by atoms with E-state index in [2.05, 4.69) is 17.9 Å². The first-order valence-corrected chi connectivity index (χ1v) is 12.3. The van der Waals surface area contributed by atoms with Crippen LogP contribution in [0, 0.1) is 11.8 Å². The average molecular weight is 452 g/mol. The number of nitrogens with zero attached hydrogens (tertiary/aromatic N) is 1. The van der Waals surface area contributed by atoms with Gasteiger partial charge in [0.05, 0.1) is 23.9 Å². The summed E-state index contributed by atoms with van der Waals surface area (Å²) in [6, 6.07) is 14.7. The van der Waals surface area contributed by atoms with Crippen LogP contribution in [0.15, 0.2) is 53.4 Å². The van der Waals surface area contributed by atoms with E-state index < -0.39 is 9.84 Å². The maximum Gasteiger partial charge on any atom is 0.180 e. The highest BCUT2D eigenvalue weighted by atomic mass is 35.5. The Balaban J connectivity index is 1.47. The van der Waals surface area contributed by atoms with Crippen LogP contribution in [-0.2, 0) is 21.0 Å². The zero-order valence-corrected chi connectivity index (χ0v) is 19.2. The Morgan fingerprint density at radius 1 is 1.13 bits per heavy atom. The molecule has 30 heavy (non-hydrogen) atoms. The molecule has 0 aromatic heterocycles. The summed E-state index contributed by atoms with van der Waals surface area (Å²) in [5.74, 6) is 1.69. The van der Waals surface area contributed by atoms with Gasteiger partial charge in [0.15, 0.2) is 9.84 Å². The van der Waals surface area contributed by atoms with Crippen molar-refractivity contribution in [1.29, 1.82) is 0 Å². The van der Waals surface area contributed by atoms with E-state index in [4.69, 9.17) is 21.1 Å². The van der Waals surface area contributed by atoms with Gasteiger partial charge in [0, 0.05) is 37.7 Å². The van der Waals surface area contributed by atoms with E-state index in [-0.39, 0.29) is 12.4 Å². The van der Waals surface area contributed by atoms with E-state index in [1.165, 1.54) is 12.7 Å². The molecule has 2 aromatic carbocycles. The second kappa shape index (κ2) is 10.6. The topological polar surface area (TPSA) is 55.8 Å². The smallest absolute Gasteiger partial charge is 0.180 e. The molecule has 0 aliphatic carbocycles. The van der Waals surface area contributed by atoms with Crippen LogP contribution in [0.4, 0.5) is 0 Å². The maximum absolute atomic E-state index is 12.2. The molecule has 3 rings (SSSR count). The second-order valence-corrected chi connectivity index (χ2v) is 10.5. The lowest BCUT2D eigenvalue weighted by Gasteiger charge is -2.17. The van der Waals surface area contributed by atoms with Crippen molar-refractivity contribution in [2.45, 2.75) is 18.2 Å².